The monoisotopic (exact) mass is 541 g/mol. The number of hydrogen-bond donors (Lipinski definition) is 1. The smallest absolute Gasteiger partial charge is 0.310 e. The molecule has 7 heteroatoms. The molecule has 1 N–H and O–H groups in total. The minimum Gasteiger partial charge on any atom is -0.507 e. The molecule has 1 fully saturated rings. The number of benzene rings is 3. The Bertz CT molecular complexity index is 1430. The van der Waals surface area contributed by atoms with E-state index in [0.29, 0.717) is 35.8 Å². The highest BCUT2D eigenvalue weighted by molar-refractivity contribution is 6.51. The number of Topliss-reactive ketones (excluding diaryl/α,β-unsaturated/α-hetero) is 1. The maximum atomic E-state index is 13.5. The summed E-state index contributed by atoms with van der Waals surface area (Å²) in [6, 6.07) is 20.5. The predicted octanol–water partition coefficient (Wildman–Crippen LogP) is 6.11. The molecule has 3 aromatic carbocycles. The van der Waals surface area contributed by atoms with Gasteiger partial charge in [-0.2, -0.15) is 0 Å². The first kappa shape index (κ1) is 28.6. The van der Waals surface area contributed by atoms with Gasteiger partial charge in [0.15, 0.2) is 0 Å². The quantitative estimate of drug-likeness (QED) is 0.160. The van der Waals surface area contributed by atoms with Gasteiger partial charge in [0.2, 0.25) is 0 Å². The third-order valence-electron chi connectivity index (χ3n) is 6.79. The summed E-state index contributed by atoms with van der Waals surface area (Å²) < 4.78 is 10.8. The summed E-state index contributed by atoms with van der Waals surface area (Å²) in [4.78, 5) is 40.3. The summed E-state index contributed by atoms with van der Waals surface area (Å²) in [6.07, 6.45) is 0.100. The molecule has 1 saturated heterocycles. The number of nitrogens with zero attached hydrogens (tertiary/aromatic N) is 1. The second kappa shape index (κ2) is 11.8. The molecule has 3 aromatic rings. The highest BCUT2D eigenvalue weighted by Crippen LogP contribution is 2.43. The molecular formula is C33H35NO6. The first-order valence-electron chi connectivity index (χ1n) is 13.4. The van der Waals surface area contributed by atoms with Crippen LogP contribution in [-0.2, 0) is 31.0 Å². The number of carbonyl (C=O) groups excluding carboxylic acids is 3. The summed E-state index contributed by atoms with van der Waals surface area (Å²) in [5.74, 6) is -1.40. The van der Waals surface area contributed by atoms with Crippen molar-refractivity contribution in [2.75, 3.05) is 18.1 Å². The number of ether oxygens (including phenoxy) is 2. The lowest BCUT2D eigenvalue weighted by Gasteiger charge is -2.26. The van der Waals surface area contributed by atoms with E-state index in [4.69, 9.17) is 9.47 Å². The van der Waals surface area contributed by atoms with Crippen LogP contribution < -0.4 is 9.64 Å². The van der Waals surface area contributed by atoms with Gasteiger partial charge in [-0.25, -0.2) is 0 Å². The molecule has 0 bridgehead atoms. The van der Waals surface area contributed by atoms with Gasteiger partial charge in [0.1, 0.15) is 11.5 Å². The van der Waals surface area contributed by atoms with Crippen molar-refractivity contribution in [3.8, 4) is 5.75 Å². The average molecular weight is 542 g/mol. The summed E-state index contributed by atoms with van der Waals surface area (Å²) in [5, 5.41) is 11.6. The van der Waals surface area contributed by atoms with E-state index >= 15 is 0 Å². The van der Waals surface area contributed by atoms with Crippen LogP contribution in [0.1, 0.15) is 62.9 Å². The first-order chi connectivity index (χ1) is 19.1. The molecule has 0 radical (unpaired) electrons. The Labute approximate surface area is 235 Å². The molecule has 208 valence electrons. The van der Waals surface area contributed by atoms with Crippen LogP contribution >= 0.6 is 0 Å². The topological polar surface area (TPSA) is 93.1 Å². The van der Waals surface area contributed by atoms with Gasteiger partial charge >= 0.3 is 5.97 Å². The van der Waals surface area contributed by atoms with E-state index < -0.39 is 17.7 Å². The molecule has 7 nitrogen and oxygen atoms in total. The molecule has 4 rings (SSSR count). The predicted molar refractivity (Wildman–Crippen MR) is 154 cm³/mol. The SMILES string of the molecule is CCOC(=O)Cc1ccc(N2C(=O)C(=O)/C(=C(\O)c3ccc(OCC)c(C(C)(C)C)c3)C2c2ccccc2)cc1. The van der Waals surface area contributed by atoms with Crippen molar-refractivity contribution in [2.45, 2.75) is 52.5 Å². The molecule has 40 heavy (non-hydrogen) atoms. The van der Waals surface area contributed by atoms with Gasteiger partial charge in [-0.3, -0.25) is 19.3 Å². The third-order valence-corrected chi connectivity index (χ3v) is 6.79. The number of rotatable bonds is 8. The van der Waals surface area contributed by atoms with Crippen molar-refractivity contribution >= 4 is 29.1 Å². The second-order valence-electron chi connectivity index (χ2n) is 10.6. The number of esters is 1. The second-order valence-corrected chi connectivity index (χ2v) is 10.6. The number of aliphatic hydroxyl groups is 1. The van der Waals surface area contributed by atoms with Crippen LogP contribution in [0.5, 0.6) is 5.75 Å². The highest BCUT2D eigenvalue weighted by Gasteiger charge is 2.47. The van der Waals surface area contributed by atoms with E-state index in [9.17, 15) is 19.5 Å². The molecule has 0 spiro atoms. The number of hydrogen-bond acceptors (Lipinski definition) is 6. The third kappa shape index (κ3) is 5.78. The summed E-state index contributed by atoms with van der Waals surface area (Å²) in [6.45, 7) is 10.6. The molecule has 0 aromatic heterocycles. The van der Waals surface area contributed by atoms with Crippen molar-refractivity contribution in [3.63, 3.8) is 0 Å². The zero-order valence-electron chi connectivity index (χ0n) is 23.6. The zero-order valence-corrected chi connectivity index (χ0v) is 23.6. The van der Waals surface area contributed by atoms with Crippen LogP contribution in [0.4, 0.5) is 5.69 Å². The van der Waals surface area contributed by atoms with E-state index in [1.165, 1.54) is 4.90 Å². The van der Waals surface area contributed by atoms with Gasteiger partial charge in [-0.15, -0.1) is 0 Å². The normalized spacial score (nSPS) is 16.7. The van der Waals surface area contributed by atoms with E-state index in [1.54, 1.807) is 43.3 Å². The molecule has 1 heterocycles. The maximum absolute atomic E-state index is 13.5. The van der Waals surface area contributed by atoms with Gasteiger partial charge in [0, 0.05) is 16.8 Å². The van der Waals surface area contributed by atoms with Crippen molar-refractivity contribution in [1.29, 1.82) is 0 Å². The largest absolute Gasteiger partial charge is 0.507 e. The fourth-order valence-corrected chi connectivity index (χ4v) is 4.90. The van der Waals surface area contributed by atoms with Crippen molar-refractivity contribution in [1.82, 2.24) is 0 Å². The number of carbonyl (C=O) groups is 3. The zero-order chi connectivity index (χ0) is 29.0. The fraction of sp³-hybridized carbons (Fsp3) is 0.303. The van der Waals surface area contributed by atoms with E-state index in [2.05, 4.69) is 0 Å². The maximum Gasteiger partial charge on any atom is 0.310 e. The molecule has 1 atom stereocenters. The summed E-state index contributed by atoms with van der Waals surface area (Å²) in [5.41, 5.74) is 2.90. The Morgan fingerprint density at radius 2 is 1.60 bits per heavy atom. The molecule has 1 amide bonds. The van der Waals surface area contributed by atoms with Gasteiger partial charge in [-0.05, 0) is 60.7 Å². The lowest BCUT2D eigenvalue weighted by molar-refractivity contribution is -0.142. The average Bonchev–Trinajstić information content (AvgIpc) is 3.19. The van der Waals surface area contributed by atoms with Gasteiger partial charge in [0.05, 0.1) is 31.2 Å². The molecule has 0 aliphatic carbocycles. The van der Waals surface area contributed by atoms with Crippen LogP contribution in [0.25, 0.3) is 5.76 Å². The molecule has 1 aliphatic heterocycles. The fourth-order valence-electron chi connectivity index (χ4n) is 4.90. The number of amides is 1. The van der Waals surface area contributed by atoms with Crippen molar-refractivity contribution < 1.29 is 29.0 Å². The van der Waals surface area contributed by atoms with E-state index in [0.717, 1.165) is 11.1 Å². The van der Waals surface area contributed by atoms with E-state index in [1.807, 2.05) is 64.1 Å². The molecule has 1 aliphatic rings. The number of anilines is 1. The Morgan fingerprint density at radius 3 is 2.20 bits per heavy atom. The highest BCUT2D eigenvalue weighted by atomic mass is 16.5. The van der Waals surface area contributed by atoms with Crippen molar-refractivity contribution in [3.05, 3.63) is 101 Å². The Kier molecular flexibility index (Phi) is 8.43. The van der Waals surface area contributed by atoms with Gasteiger partial charge in [-0.1, -0.05) is 63.2 Å². The Balaban J connectivity index is 1.83. The van der Waals surface area contributed by atoms with Crippen molar-refractivity contribution in [2.24, 2.45) is 0 Å². The van der Waals surface area contributed by atoms with Crippen LogP contribution in [0.2, 0.25) is 0 Å². The number of ketones is 1. The Morgan fingerprint density at radius 1 is 0.925 bits per heavy atom. The number of aliphatic hydroxyl groups excluding tert-OH is 1. The molecular weight excluding hydrogens is 506 g/mol. The minimum absolute atomic E-state index is 0.0100. The van der Waals surface area contributed by atoms with E-state index in [-0.39, 0.29) is 29.1 Å². The molecule has 1 unspecified atom stereocenters. The lowest BCUT2D eigenvalue weighted by atomic mass is 9.84. The Hall–Kier alpha value is -4.39. The van der Waals surface area contributed by atoms with Gasteiger partial charge in [0.25, 0.3) is 11.7 Å². The lowest BCUT2D eigenvalue weighted by Crippen LogP contribution is -2.29. The summed E-state index contributed by atoms with van der Waals surface area (Å²) in [7, 11) is 0. The van der Waals surface area contributed by atoms with Crippen LogP contribution in [0.15, 0.2) is 78.4 Å². The van der Waals surface area contributed by atoms with Crippen LogP contribution in [0.3, 0.4) is 0 Å². The standard InChI is InChI=1S/C33H35NO6/c1-6-39-26-18-15-23(20-25(26)33(3,4)5)30(36)28-29(22-11-9-8-10-12-22)34(32(38)31(28)37)24-16-13-21(14-17-24)19-27(35)40-7-2/h8-18,20,29,36H,6-7,19H2,1-5H3/b30-28-. The minimum atomic E-state index is -0.846. The van der Waals surface area contributed by atoms with Gasteiger partial charge < -0.3 is 14.6 Å². The van der Waals surface area contributed by atoms with Crippen LogP contribution in [0, 0.1) is 0 Å². The summed E-state index contributed by atoms with van der Waals surface area (Å²) >= 11 is 0. The molecule has 0 saturated carbocycles. The first-order valence-corrected chi connectivity index (χ1v) is 13.4. The van der Waals surface area contributed by atoms with Crippen LogP contribution in [-0.4, -0.2) is 36.0 Å².